The third kappa shape index (κ3) is 3.33. The van der Waals surface area contributed by atoms with E-state index >= 15 is 0 Å². The highest BCUT2D eigenvalue weighted by Crippen LogP contribution is 2.21. The minimum Gasteiger partial charge on any atom is -0.339 e. The highest BCUT2D eigenvalue weighted by molar-refractivity contribution is 5.94. The Morgan fingerprint density at radius 3 is 2.50 bits per heavy atom. The molecule has 0 spiro atoms. The van der Waals surface area contributed by atoms with Gasteiger partial charge >= 0.3 is 0 Å². The second kappa shape index (κ2) is 6.73. The molecule has 0 radical (unpaired) electrons. The van der Waals surface area contributed by atoms with E-state index in [-0.39, 0.29) is 11.9 Å². The van der Waals surface area contributed by atoms with Gasteiger partial charge in [0.15, 0.2) is 5.82 Å². The van der Waals surface area contributed by atoms with E-state index in [1.807, 2.05) is 43.9 Å². The van der Waals surface area contributed by atoms with Crippen LogP contribution in [0.15, 0.2) is 24.4 Å². The molecule has 2 N–H and O–H groups in total. The van der Waals surface area contributed by atoms with Crippen molar-refractivity contribution >= 4 is 5.91 Å². The van der Waals surface area contributed by atoms with Crippen LogP contribution < -0.4 is 5.73 Å². The molecular weight excluding hydrogens is 302 g/mol. The van der Waals surface area contributed by atoms with Crippen LogP contribution in [0, 0.1) is 19.8 Å². The fourth-order valence-corrected chi connectivity index (χ4v) is 3.31. The second-order valence-corrected chi connectivity index (χ2v) is 6.73. The zero-order valence-corrected chi connectivity index (χ0v) is 14.6. The van der Waals surface area contributed by atoms with Crippen molar-refractivity contribution in [1.29, 1.82) is 0 Å². The van der Waals surface area contributed by atoms with Crippen molar-refractivity contribution in [3.05, 3.63) is 41.3 Å². The Morgan fingerprint density at radius 2 is 2.00 bits per heavy atom. The maximum atomic E-state index is 12.6. The average molecular weight is 327 g/mol. The number of pyridine rings is 1. The van der Waals surface area contributed by atoms with E-state index in [0.717, 1.165) is 43.1 Å². The Morgan fingerprint density at radius 1 is 1.29 bits per heavy atom. The maximum absolute atomic E-state index is 12.6. The van der Waals surface area contributed by atoms with Gasteiger partial charge in [-0.3, -0.25) is 4.79 Å². The lowest BCUT2D eigenvalue weighted by atomic mass is 9.91. The maximum Gasteiger partial charge on any atom is 0.255 e. The molecule has 0 aliphatic carbocycles. The number of piperidine rings is 1. The van der Waals surface area contributed by atoms with Gasteiger partial charge in [-0.2, -0.15) is 5.10 Å². The molecule has 3 rings (SSSR count). The van der Waals surface area contributed by atoms with Gasteiger partial charge in [0.2, 0.25) is 0 Å². The van der Waals surface area contributed by atoms with Crippen LogP contribution in [0.5, 0.6) is 0 Å². The summed E-state index contributed by atoms with van der Waals surface area (Å²) in [4.78, 5) is 18.9. The lowest BCUT2D eigenvalue weighted by Gasteiger charge is -2.33. The summed E-state index contributed by atoms with van der Waals surface area (Å²) >= 11 is 0. The molecule has 2 aromatic heterocycles. The van der Waals surface area contributed by atoms with Gasteiger partial charge in [-0.25, -0.2) is 9.67 Å². The zero-order chi connectivity index (χ0) is 17.3. The number of likely N-dealkylation sites (tertiary alicyclic amines) is 1. The normalized spacial score (nSPS) is 17.1. The number of hydrogen-bond acceptors (Lipinski definition) is 4. The number of hydrogen-bond donors (Lipinski definition) is 1. The van der Waals surface area contributed by atoms with E-state index in [1.165, 1.54) is 0 Å². The quantitative estimate of drug-likeness (QED) is 0.936. The Bertz CT molecular complexity index is 712. The number of nitrogens with zero attached hydrogens (tertiary/aromatic N) is 4. The summed E-state index contributed by atoms with van der Waals surface area (Å²) in [6, 6.07) is 5.88. The van der Waals surface area contributed by atoms with Crippen LogP contribution in [0.3, 0.4) is 0 Å². The third-order valence-corrected chi connectivity index (χ3v) is 4.79. The standard InChI is InChI=1S/C18H25N5O/c1-12-10-13(2)23(21-12)17-5-4-16(11-20-17)18(24)22-8-6-15(7-9-22)14(3)19/h4-5,10-11,14-15H,6-9,19H2,1-3H3. The number of amides is 1. The first-order chi connectivity index (χ1) is 11.5. The van der Waals surface area contributed by atoms with Crippen molar-refractivity contribution in [2.75, 3.05) is 13.1 Å². The summed E-state index contributed by atoms with van der Waals surface area (Å²) in [6.07, 6.45) is 3.59. The minimum atomic E-state index is 0.0468. The first-order valence-corrected chi connectivity index (χ1v) is 8.50. The Labute approximate surface area is 142 Å². The molecule has 1 atom stereocenters. The molecule has 2 aromatic rings. The number of carbonyl (C=O) groups excluding carboxylic acids is 1. The van der Waals surface area contributed by atoms with E-state index in [1.54, 1.807) is 10.9 Å². The zero-order valence-electron chi connectivity index (χ0n) is 14.6. The van der Waals surface area contributed by atoms with Crippen molar-refractivity contribution in [2.24, 2.45) is 11.7 Å². The fraction of sp³-hybridized carbons (Fsp3) is 0.500. The summed E-state index contributed by atoms with van der Waals surface area (Å²) < 4.78 is 1.79. The SMILES string of the molecule is Cc1cc(C)n(-c2ccc(C(=O)N3CCC(C(C)N)CC3)cn2)n1. The van der Waals surface area contributed by atoms with E-state index < -0.39 is 0 Å². The summed E-state index contributed by atoms with van der Waals surface area (Å²) in [5, 5.41) is 4.42. The third-order valence-electron chi connectivity index (χ3n) is 4.79. The molecular formula is C18H25N5O. The predicted molar refractivity (Wildman–Crippen MR) is 93.1 cm³/mol. The van der Waals surface area contributed by atoms with Gasteiger partial charge in [-0.05, 0) is 57.7 Å². The number of nitrogens with two attached hydrogens (primary N) is 1. The molecule has 0 saturated carbocycles. The molecule has 1 amide bonds. The van der Waals surface area contributed by atoms with Crippen molar-refractivity contribution in [1.82, 2.24) is 19.7 Å². The number of carbonyl (C=O) groups is 1. The first kappa shape index (κ1) is 16.6. The summed E-state index contributed by atoms with van der Waals surface area (Å²) in [5.74, 6) is 1.29. The topological polar surface area (TPSA) is 77.0 Å². The molecule has 128 valence electrons. The molecule has 1 saturated heterocycles. The molecule has 1 aliphatic heterocycles. The van der Waals surface area contributed by atoms with Crippen LogP contribution in [-0.4, -0.2) is 44.7 Å². The molecule has 24 heavy (non-hydrogen) atoms. The van der Waals surface area contributed by atoms with Crippen molar-refractivity contribution in [2.45, 2.75) is 39.7 Å². The van der Waals surface area contributed by atoms with Gasteiger partial charge in [-0.15, -0.1) is 0 Å². The van der Waals surface area contributed by atoms with Gasteiger partial charge in [0, 0.05) is 31.0 Å². The second-order valence-electron chi connectivity index (χ2n) is 6.73. The Balaban J connectivity index is 1.70. The predicted octanol–water partition coefficient (Wildman–Crippen LogP) is 2.08. The van der Waals surface area contributed by atoms with Crippen LogP contribution in [0.4, 0.5) is 0 Å². The van der Waals surface area contributed by atoms with Crippen LogP contribution >= 0.6 is 0 Å². The van der Waals surface area contributed by atoms with Crippen molar-refractivity contribution < 1.29 is 4.79 Å². The largest absolute Gasteiger partial charge is 0.339 e. The monoisotopic (exact) mass is 327 g/mol. The lowest BCUT2D eigenvalue weighted by Crippen LogP contribution is -2.42. The molecule has 0 aromatic carbocycles. The Hall–Kier alpha value is -2.21. The van der Waals surface area contributed by atoms with Crippen molar-refractivity contribution in [3.8, 4) is 5.82 Å². The minimum absolute atomic E-state index is 0.0468. The van der Waals surface area contributed by atoms with Crippen LogP contribution in [0.25, 0.3) is 5.82 Å². The van der Waals surface area contributed by atoms with E-state index in [9.17, 15) is 4.79 Å². The van der Waals surface area contributed by atoms with Crippen LogP contribution in [-0.2, 0) is 0 Å². The fourth-order valence-electron chi connectivity index (χ4n) is 3.31. The highest BCUT2D eigenvalue weighted by atomic mass is 16.2. The molecule has 6 heteroatoms. The van der Waals surface area contributed by atoms with E-state index in [4.69, 9.17) is 5.73 Å². The first-order valence-electron chi connectivity index (χ1n) is 8.50. The highest BCUT2D eigenvalue weighted by Gasteiger charge is 2.25. The van der Waals surface area contributed by atoms with Gasteiger partial charge in [-0.1, -0.05) is 0 Å². The summed E-state index contributed by atoms with van der Waals surface area (Å²) in [7, 11) is 0. The average Bonchev–Trinajstić information content (AvgIpc) is 2.93. The van der Waals surface area contributed by atoms with Gasteiger partial charge in [0.1, 0.15) is 0 Å². The van der Waals surface area contributed by atoms with E-state index in [0.29, 0.717) is 11.5 Å². The molecule has 6 nitrogen and oxygen atoms in total. The number of aryl methyl sites for hydroxylation is 2. The molecule has 1 aliphatic rings. The summed E-state index contributed by atoms with van der Waals surface area (Å²) in [5.41, 5.74) is 8.56. The van der Waals surface area contributed by atoms with Gasteiger partial charge in [0.05, 0.1) is 11.3 Å². The van der Waals surface area contributed by atoms with Gasteiger partial charge in [0.25, 0.3) is 5.91 Å². The van der Waals surface area contributed by atoms with E-state index in [2.05, 4.69) is 10.1 Å². The lowest BCUT2D eigenvalue weighted by molar-refractivity contribution is 0.0680. The van der Waals surface area contributed by atoms with Gasteiger partial charge < -0.3 is 10.6 Å². The van der Waals surface area contributed by atoms with Crippen molar-refractivity contribution in [3.63, 3.8) is 0 Å². The van der Waals surface area contributed by atoms with Crippen LogP contribution in [0.2, 0.25) is 0 Å². The smallest absolute Gasteiger partial charge is 0.255 e. The number of rotatable bonds is 3. The molecule has 1 unspecified atom stereocenters. The molecule has 1 fully saturated rings. The molecule has 3 heterocycles. The summed E-state index contributed by atoms with van der Waals surface area (Å²) in [6.45, 7) is 7.52. The number of aromatic nitrogens is 3. The molecule has 0 bridgehead atoms. The van der Waals surface area contributed by atoms with Crippen LogP contribution in [0.1, 0.15) is 41.5 Å². The Kier molecular flexibility index (Phi) is 4.66.